The van der Waals surface area contributed by atoms with Crippen molar-refractivity contribution in [3.05, 3.63) is 11.1 Å². The molecule has 0 saturated carbocycles. The summed E-state index contributed by atoms with van der Waals surface area (Å²) in [6.45, 7) is 10.4. The third-order valence-corrected chi connectivity index (χ3v) is 5.25. The highest BCUT2D eigenvalue weighted by atomic mass is 16.6. The Morgan fingerprint density at radius 1 is 1.11 bits per heavy atom. The summed E-state index contributed by atoms with van der Waals surface area (Å²) < 4.78 is 5.59. The predicted molar refractivity (Wildman–Crippen MR) is 77.8 cm³/mol. The van der Waals surface area contributed by atoms with Crippen molar-refractivity contribution < 1.29 is 9.53 Å². The average molecular weight is 264 g/mol. The number of hydrogen-bond donors (Lipinski definition) is 0. The van der Waals surface area contributed by atoms with Gasteiger partial charge in [-0.05, 0) is 57.8 Å². The zero-order valence-electron chi connectivity index (χ0n) is 13.1. The molecule has 3 atom stereocenters. The Kier molecular flexibility index (Phi) is 4.08. The summed E-state index contributed by atoms with van der Waals surface area (Å²) in [4.78, 5) is 11.3. The van der Waals surface area contributed by atoms with Crippen molar-refractivity contribution in [2.45, 2.75) is 72.3 Å². The highest BCUT2D eigenvalue weighted by Crippen LogP contribution is 2.46. The Hall–Kier alpha value is -0.790. The molecule has 0 amide bonds. The van der Waals surface area contributed by atoms with E-state index >= 15 is 0 Å². The number of ether oxygens (including phenoxy) is 1. The molecule has 0 N–H and O–H groups in total. The largest absolute Gasteiger partial charge is 0.460 e. The highest BCUT2D eigenvalue weighted by Gasteiger charge is 2.38. The van der Waals surface area contributed by atoms with Crippen LogP contribution in [0.5, 0.6) is 0 Å². The van der Waals surface area contributed by atoms with Gasteiger partial charge >= 0.3 is 5.97 Å². The second-order valence-electron chi connectivity index (χ2n) is 7.07. The molecule has 0 aliphatic heterocycles. The standard InChI is InChI=1S/C17H28O2/c1-11-6-8-14(17(4,5)19-13(3)18)10-16-12(2)7-9-15(11)16/h11-12,14H,6-10H2,1-5H3/t11?,12?,14-/m1/s1. The van der Waals surface area contributed by atoms with Gasteiger partial charge in [-0.2, -0.15) is 0 Å². The van der Waals surface area contributed by atoms with Crippen LogP contribution < -0.4 is 0 Å². The van der Waals surface area contributed by atoms with E-state index in [9.17, 15) is 4.79 Å². The molecule has 2 unspecified atom stereocenters. The lowest BCUT2D eigenvalue weighted by atomic mass is 9.81. The second kappa shape index (κ2) is 5.30. The third kappa shape index (κ3) is 3.04. The van der Waals surface area contributed by atoms with Crippen molar-refractivity contribution in [1.82, 2.24) is 0 Å². The first-order valence-corrected chi connectivity index (χ1v) is 7.72. The summed E-state index contributed by atoms with van der Waals surface area (Å²) in [5, 5.41) is 0. The van der Waals surface area contributed by atoms with Crippen LogP contribution in [0.1, 0.15) is 66.7 Å². The summed E-state index contributed by atoms with van der Waals surface area (Å²) in [6, 6.07) is 0. The topological polar surface area (TPSA) is 26.3 Å². The van der Waals surface area contributed by atoms with Gasteiger partial charge in [0.15, 0.2) is 0 Å². The second-order valence-corrected chi connectivity index (χ2v) is 7.07. The minimum Gasteiger partial charge on any atom is -0.460 e. The zero-order chi connectivity index (χ0) is 14.2. The highest BCUT2D eigenvalue weighted by molar-refractivity contribution is 5.66. The molecule has 2 nitrogen and oxygen atoms in total. The lowest BCUT2D eigenvalue weighted by Crippen LogP contribution is -2.36. The Bertz CT molecular complexity index is 392. The number of carbonyl (C=O) groups excluding carboxylic acids is 1. The van der Waals surface area contributed by atoms with Crippen LogP contribution in [0.2, 0.25) is 0 Å². The van der Waals surface area contributed by atoms with E-state index < -0.39 is 0 Å². The molecule has 0 saturated heterocycles. The van der Waals surface area contributed by atoms with Crippen molar-refractivity contribution in [1.29, 1.82) is 0 Å². The maximum absolute atomic E-state index is 11.3. The lowest BCUT2D eigenvalue weighted by molar-refractivity contribution is -0.159. The van der Waals surface area contributed by atoms with Crippen molar-refractivity contribution in [2.75, 3.05) is 0 Å². The first-order valence-electron chi connectivity index (χ1n) is 7.72. The number of carbonyl (C=O) groups is 1. The fourth-order valence-corrected chi connectivity index (χ4v) is 3.96. The van der Waals surface area contributed by atoms with E-state index in [0.29, 0.717) is 5.92 Å². The van der Waals surface area contributed by atoms with Gasteiger partial charge in [0.05, 0.1) is 0 Å². The monoisotopic (exact) mass is 264 g/mol. The molecule has 108 valence electrons. The Morgan fingerprint density at radius 3 is 2.37 bits per heavy atom. The maximum Gasteiger partial charge on any atom is 0.303 e. The van der Waals surface area contributed by atoms with Gasteiger partial charge in [0.25, 0.3) is 0 Å². The smallest absolute Gasteiger partial charge is 0.303 e. The van der Waals surface area contributed by atoms with E-state index in [1.165, 1.54) is 32.6 Å². The van der Waals surface area contributed by atoms with E-state index in [1.807, 2.05) is 0 Å². The summed E-state index contributed by atoms with van der Waals surface area (Å²) in [7, 11) is 0. The van der Waals surface area contributed by atoms with Gasteiger partial charge in [0.1, 0.15) is 5.60 Å². The van der Waals surface area contributed by atoms with Crippen LogP contribution in [0.15, 0.2) is 11.1 Å². The number of allylic oxidation sites excluding steroid dienone is 2. The molecule has 0 radical (unpaired) electrons. The SMILES string of the molecule is CC(=O)OC(C)(C)[C@@H]1CCC(C)C2=C(C1)C(C)CC2. The van der Waals surface area contributed by atoms with Gasteiger partial charge in [-0.3, -0.25) is 4.79 Å². The summed E-state index contributed by atoms with van der Waals surface area (Å²) >= 11 is 0. The Labute approximate surface area is 117 Å². The lowest BCUT2D eigenvalue weighted by Gasteiger charge is -2.34. The maximum atomic E-state index is 11.3. The zero-order valence-corrected chi connectivity index (χ0v) is 13.1. The van der Waals surface area contributed by atoms with Crippen LogP contribution in [-0.2, 0) is 9.53 Å². The molecule has 0 bridgehead atoms. The molecule has 0 fully saturated rings. The first-order chi connectivity index (χ1) is 8.81. The van der Waals surface area contributed by atoms with E-state index in [0.717, 1.165) is 18.3 Å². The van der Waals surface area contributed by atoms with Gasteiger partial charge in [0.2, 0.25) is 0 Å². The molecule has 0 aromatic carbocycles. The van der Waals surface area contributed by atoms with Crippen LogP contribution in [-0.4, -0.2) is 11.6 Å². The summed E-state index contributed by atoms with van der Waals surface area (Å²) in [5.74, 6) is 1.76. The molecular formula is C17H28O2. The van der Waals surface area contributed by atoms with Crippen molar-refractivity contribution >= 4 is 5.97 Å². The third-order valence-electron chi connectivity index (χ3n) is 5.25. The van der Waals surface area contributed by atoms with Crippen LogP contribution in [0.25, 0.3) is 0 Å². The molecule has 2 aliphatic rings. The fraction of sp³-hybridized carbons (Fsp3) is 0.824. The average Bonchev–Trinajstić information content (AvgIpc) is 2.53. The van der Waals surface area contributed by atoms with Gasteiger partial charge in [-0.25, -0.2) is 0 Å². The van der Waals surface area contributed by atoms with Crippen molar-refractivity contribution in [3.8, 4) is 0 Å². The van der Waals surface area contributed by atoms with Crippen LogP contribution in [0, 0.1) is 17.8 Å². The van der Waals surface area contributed by atoms with Crippen molar-refractivity contribution in [2.24, 2.45) is 17.8 Å². The molecule has 2 rings (SSSR count). The summed E-state index contributed by atoms with van der Waals surface area (Å²) in [6.07, 6.45) is 6.14. The van der Waals surface area contributed by atoms with Gasteiger partial charge in [-0.15, -0.1) is 0 Å². The first kappa shape index (κ1) is 14.6. The van der Waals surface area contributed by atoms with E-state index in [4.69, 9.17) is 4.74 Å². The van der Waals surface area contributed by atoms with E-state index in [-0.39, 0.29) is 11.6 Å². The minimum atomic E-state index is -0.337. The molecular weight excluding hydrogens is 236 g/mol. The van der Waals surface area contributed by atoms with Gasteiger partial charge < -0.3 is 4.74 Å². The molecule has 19 heavy (non-hydrogen) atoms. The Balaban J connectivity index is 2.19. The Morgan fingerprint density at radius 2 is 1.74 bits per heavy atom. The molecule has 2 aliphatic carbocycles. The van der Waals surface area contributed by atoms with Crippen molar-refractivity contribution in [3.63, 3.8) is 0 Å². The molecule has 0 aromatic rings. The number of rotatable bonds is 2. The van der Waals surface area contributed by atoms with Gasteiger partial charge in [-0.1, -0.05) is 25.0 Å². The predicted octanol–water partition coefficient (Wildman–Crippen LogP) is 4.49. The molecule has 0 heterocycles. The molecule has 0 spiro atoms. The van der Waals surface area contributed by atoms with Crippen LogP contribution in [0.3, 0.4) is 0 Å². The summed E-state index contributed by atoms with van der Waals surface area (Å²) in [5.41, 5.74) is 3.06. The van der Waals surface area contributed by atoms with Crippen LogP contribution in [0.4, 0.5) is 0 Å². The minimum absolute atomic E-state index is 0.157. The normalized spacial score (nSPS) is 31.9. The quantitative estimate of drug-likeness (QED) is 0.542. The molecule has 0 aromatic heterocycles. The van der Waals surface area contributed by atoms with E-state index in [2.05, 4.69) is 27.7 Å². The number of esters is 1. The van der Waals surface area contributed by atoms with E-state index in [1.54, 1.807) is 11.1 Å². The van der Waals surface area contributed by atoms with Gasteiger partial charge in [0, 0.05) is 12.8 Å². The fourth-order valence-electron chi connectivity index (χ4n) is 3.96. The molecule has 2 heteroatoms. The van der Waals surface area contributed by atoms with Crippen LogP contribution >= 0.6 is 0 Å². The number of hydrogen-bond acceptors (Lipinski definition) is 2.